The van der Waals surface area contributed by atoms with Crippen molar-refractivity contribution < 1.29 is 23.1 Å². The first-order chi connectivity index (χ1) is 7.82. The summed E-state index contributed by atoms with van der Waals surface area (Å²) >= 11 is 0.627. The van der Waals surface area contributed by atoms with Crippen LogP contribution in [0.2, 0.25) is 0 Å². The number of carbonyl (C=O) groups is 1. The normalized spacial score (nSPS) is 11.9. The quantitative estimate of drug-likeness (QED) is 0.828. The van der Waals surface area contributed by atoms with E-state index in [-0.39, 0.29) is 15.1 Å². The first-order valence-electron chi connectivity index (χ1n) is 4.30. The highest BCUT2D eigenvalue weighted by Crippen LogP contribution is 2.41. The molecule has 0 aliphatic heterocycles. The highest BCUT2D eigenvalue weighted by Gasteiger charge is 2.35. The molecule has 0 aliphatic carbocycles. The zero-order valence-corrected chi connectivity index (χ0v) is 8.89. The molecule has 3 N–H and O–H groups in total. The lowest BCUT2D eigenvalue weighted by molar-refractivity contribution is -0.136. The Bertz CT molecular complexity index is 606. The number of nitrogens with zero attached hydrogens (tertiary/aromatic N) is 1. The topological polar surface area (TPSA) is 76.2 Å². The van der Waals surface area contributed by atoms with Crippen LogP contribution in [0.1, 0.15) is 15.2 Å². The number of nitrogen functional groups attached to an aromatic ring is 1. The molecule has 90 valence electrons. The maximum atomic E-state index is 12.7. The van der Waals surface area contributed by atoms with E-state index in [1.807, 2.05) is 0 Å². The van der Waals surface area contributed by atoms with Gasteiger partial charge in [-0.1, -0.05) is 0 Å². The standard InChI is InChI=1S/C9H5F3N2O2S/c10-9(11,12)3-1-2-14-7-4(3)5(13)6(17-7)8(15)16/h1-2H,13H2,(H,15,16). The van der Waals surface area contributed by atoms with Crippen LogP contribution in [-0.2, 0) is 6.18 Å². The predicted octanol–water partition coefficient (Wildman–Crippen LogP) is 2.60. The van der Waals surface area contributed by atoms with Crippen molar-refractivity contribution in [2.45, 2.75) is 6.18 Å². The molecular weight excluding hydrogens is 257 g/mol. The average molecular weight is 262 g/mol. The summed E-state index contributed by atoms with van der Waals surface area (Å²) in [5.41, 5.74) is 4.07. The average Bonchev–Trinajstić information content (AvgIpc) is 2.55. The zero-order chi connectivity index (χ0) is 12.8. The van der Waals surface area contributed by atoms with Crippen LogP contribution < -0.4 is 5.73 Å². The fraction of sp³-hybridized carbons (Fsp3) is 0.111. The van der Waals surface area contributed by atoms with E-state index in [1.54, 1.807) is 0 Å². The van der Waals surface area contributed by atoms with E-state index in [9.17, 15) is 18.0 Å². The second kappa shape index (κ2) is 3.59. The molecule has 0 unspecified atom stereocenters. The fourth-order valence-electron chi connectivity index (χ4n) is 1.44. The number of aromatic carboxylic acids is 1. The van der Waals surface area contributed by atoms with Gasteiger partial charge in [-0.25, -0.2) is 9.78 Å². The lowest BCUT2D eigenvalue weighted by Gasteiger charge is -2.07. The number of fused-ring (bicyclic) bond motifs is 1. The van der Waals surface area contributed by atoms with Gasteiger partial charge >= 0.3 is 12.1 Å². The van der Waals surface area contributed by atoms with Crippen LogP contribution in [0.25, 0.3) is 10.2 Å². The minimum Gasteiger partial charge on any atom is -0.477 e. The zero-order valence-electron chi connectivity index (χ0n) is 8.08. The third kappa shape index (κ3) is 1.80. The van der Waals surface area contributed by atoms with Gasteiger partial charge in [0.15, 0.2) is 0 Å². The minimum absolute atomic E-state index is 0.0327. The summed E-state index contributed by atoms with van der Waals surface area (Å²) in [7, 11) is 0. The Morgan fingerprint density at radius 2 is 2.12 bits per heavy atom. The number of thiophene rings is 1. The summed E-state index contributed by atoms with van der Waals surface area (Å²) in [5.74, 6) is -1.36. The van der Waals surface area contributed by atoms with Gasteiger partial charge in [0, 0.05) is 11.6 Å². The van der Waals surface area contributed by atoms with E-state index in [4.69, 9.17) is 10.8 Å². The Labute approximate surface area is 96.5 Å². The van der Waals surface area contributed by atoms with Crippen molar-refractivity contribution in [1.82, 2.24) is 4.98 Å². The van der Waals surface area contributed by atoms with E-state index >= 15 is 0 Å². The molecule has 0 amide bonds. The summed E-state index contributed by atoms with van der Waals surface area (Å²) in [6.07, 6.45) is -3.61. The molecule has 2 aromatic heterocycles. The number of carboxylic acids is 1. The van der Waals surface area contributed by atoms with E-state index < -0.39 is 23.4 Å². The van der Waals surface area contributed by atoms with Crippen LogP contribution in [0.5, 0.6) is 0 Å². The third-order valence-electron chi connectivity index (χ3n) is 2.13. The molecule has 0 bridgehead atoms. The van der Waals surface area contributed by atoms with Gasteiger partial charge in [-0.2, -0.15) is 13.2 Å². The Balaban J connectivity index is 2.85. The van der Waals surface area contributed by atoms with Gasteiger partial charge in [0.1, 0.15) is 9.71 Å². The van der Waals surface area contributed by atoms with Gasteiger partial charge in [0.25, 0.3) is 0 Å². The molecule has 0 saturated heterocycles. The predicted molar refractivity (Wildman–Crippen MR) is 56.0 cm³/mol. The summed E-state index contributed by atoms with van der Waals surface area (Å²) < 4.78 is 38.0. The number of halogens is 3. The number of carboxylic acid groups (broad SMARTS) is 1. The number of alkyl halides is 3. The highest BCUT2D eigenvalue weighted by molar-refractivity contribution is 7.21. The van der Waals surface area contributed by atoms with Crippen molar-refractivity contribution in [2.75, 3.05) is 5.73 Å². The summed E-state index contributed by atoms with van der Waals surface area (Å²) in [4.78, 5) is 14.1. The lowest BCUT2D eigenvalue weighted by atomic mass is 10.1. The number of pyridine rings is 1. The van der Waals surface area contributed by atoms with Gasteiger partial charge in [0.2, 0.25) is 0 Å². The molecule has 4 nitrogen and oxygen atoms in total. The van der Waals surface area contributed by atoms with Crippen molar-refractivity contribution in [3.05, 3.63) is 22.7 Å². The Hall–Kier alpha value is -1.83. The molecule has 2 rings (SSSR count). The van der Waals surface area contributed by atoms with E-state index in [0.717, 1.165) is 12.3 Å². The fourth-order valence-corrected chi connectivity index (χ4v) is 2.37. The molecule has 0 aromatic carbocycles. The number of rotatable bonds is 1. The molecule has 2 heterocycles. The van der Waals surface area contributed by atoms with Gasteiger partial charge < -0.3 is 10.8 Å². The number of anilines is 1. The van der Waals surface area contributed by atoms with Crippen LogP contribution >= 0.6 is 11.3 Å². The van der Waals surface area contributed by atoms with Crippen molar-refractivity contribution in [3.63, 3.8) is 0 Å². The SMILES string of the molecule is Nc1c(C(=O)O)sc2nccc(C(F)(F)F)c12. The molecule has 0 fully saturated rings. The second-order valence-electron chi connectivity index (χ2n) is 3.19. The second-order valence-corrected chi connectivity index (χ2v) is 4.19. The number of hydrogen-bond donors (Lipinski definition) is 2. The van der Waals surface area contributed by atoms with E-state index in [2.05, 4.69) is 4.98 Å². The van der Waals surface area contributed by atoms with Crippen LogP contribution in [-0.4, -0.2) is 16.1 Å². The van der Waals surface area contributed by atoms with Crippen molar-refractivity contribution in [2.24, 2.45) is 0 Å². The smallest absolute Gasteiger partial charge is 0.417 e. The van der Waals surface area contributed by atoms with E-state index in [1.165, 1.54) is 0 Å². The molecule has 0 saturated carbocycles. The number of aromatic nitrogens is 1. The first-order valence-corrected chi connectivity index (χ1v) is 5.11. The minimum atomic E-state index is -4.59. The molecule has 0 spiro atoms. The number of nitrogens with two attached hydrogens (primary N) is 1. The molecule has 0 atom stereocenters. The highest BCUT2D eigenvalue weighted by atomic mass is 32.1. The Morgan fingerprint density at radius 3 is 2.65 bits per heavy atom. The van der Waals surface area contributed by atoms with Crippen molar-refractivity contribution >= 4 is 33.2 Å². The maximum Gasteiger partial charge on any atom is 0.417 e. The van der Waals surface area contributed by atoms with Gasteiger partial charge in [0.05, 0.1) is 11.3 Å². The molecule has 0 aliphatic rings. The van der Waals surface area contributed by atoms with Crippen molar-refractivity contribution in [3.8, 4) is 0 Å². The molecule has 2 aromatic rings. The Morgan fingerprint density at radius 1 is 1.47 bits per heavy atom. The van der Waals surface area contributed by atoms with Crippen molar-refractivity contribution in [1.29, 1.82) is 0 Å². The monoisotopic (exact) mass is 262 g/mol. The largest absolute Gasteiger partial charge is 0.477 e. The summed E-state index contributed by atoms with van der Waals surface area (Å²) in [5, 5.41) is 8.44. The molecule has 17 heavy (non-hydrogen) atoms. The maximum absolute atomic E-state index is 12.7. The summed E-state index contributed by atoms with van der Waals surface area (Å²) in [6.45, 7) is 0. The molecule has 8 heteroatoms. The van der Waals surface area contributed by atoms with Crippen LogP contribution in [0.3, 0.4) is 0 Å². The lowest BCUT2D eigenvalue weighted by Crippen LogP contribution is -2.07. The van der Waals surface area contributed by atoms with Gasteiger partial charge in [-0.3, -0.25) is 0 Å². The van der Waals surface area contributed by atoms with Crippen LogP contribution in [0.4, 0.5) is 18.9 Å². The van der Waals surface area contributed by atoms with E-state index in [0.29, 0.717) is 11.3 Å². The van der Waals surface area contributed by atoms with Crippen LogP contribution in [0.15, 0.2) is 12.3 Å². The van der Waals surface area contributed by atoms with Gasteiger partial charge in [-0.05, 0) is 6.07 Å². The van der Waals surface area contributed by atoms with Crippen LogP contribution in [0, 0.1) is 0 Å². The molecule has 0 radical (unpaired) electrons. The number of hydrogen-bond acceptors (Lipinski definition) is 4. The van der Waals surface area contributed by atoms with Gasteiger partial charge in [-0.15, -0.1) is 11.3 Å². The molecular formula is C9H5F3N2O2S. The summed E-state index contributed by atoms with van der Waals surface area (Å²) in [6, 6.07) is 0.775. The first kappa shape index (κ1) is 11.6. The third-order valence-corrected chi connectivity index (χ3v) is 3.23. The Kier molecular flexibility index (Phi) is 2.46.